The lowest BCUT2D eigenvalue weighted by Crippen LogP contribution is -2.40. The molecule has 1 aromatic rings. The molecule has 1 aliphatic heterocycles. The molecule has 0 unspecified atom stereocenters. The Balaban J connectivity index is 1.66. The summed E-state index contributed by atoms with van der Waals surface area (Å²) in [5.74, 6) is -0.150. The Hall–Kier alpha value is -2.17. The van der Waals surface area contributed by atoms with E-state index in [1.807, 2.05) is 0 Å². The Morgan fingerprint density at radius 3 is 2.53 bits per heavy atom. The van der Waals surface area contributed by atoms with Gasteiger partial charge < -0.3 is 18.9 Å². The van der Waals surface area contributed by atoms with Crippen molar-refractivity contribution in [3.05, 3.63) is 23.8 Å². The summed E-state index contributed by atoms with van der Waals surface area (Å²) in [6.45, 7) is 6.86. The first-order valence-corrected chi connectivity index (χ1v) is 13.2. The predicted octanol–water partition coefficient (Wildman–Crippen LogP) is 2.88. The molecule has 0 bridgehead atoms. The fourth-order valence-electron chi connectivity index (χ4n) is 4.59. The van der Waals surface area contributed by atoms with E-state index in [0.29, 0.717) is 25.0 Å². The first-order chi connectivity index (χ1) is 16.1. The monoisotopic (exact) mass is 497 g/mol. The molecular formula is C24H35NO8S. The zero-order chi connectivity index (χ0) is 24.9. The van der Waals surface area contributed by atoms with Gasteiger partial charge in [0.1, 0.15) is 16.7 Å². The van der Waals surface area contributed by atoms with Crippen LogP contribution >= 0.6 is 0 Å². The van der Waals surface area contributed by atoms with Crippen LogP contribution in [0.5, 0.6) is 5.75 Å². The molecule has 1 saturated carbocycles. The van der Waals surface area contributed by atoms with Crippen molar-refractivity contribution in [1.29, 1.82) is 0 Å². The molecule has 1 saturated heterocycles. The molecule has 3 atom stereocenters. The number of sulfonamides is 1. The molecule has 1 heterocycles. The molecule has 1 aliphatic carbocycles. The number of nitrogens with zero attached hydrogens (tertiary/aromatic N) is 1. The van der Waals surface area contributed by atoms with Crippen LogP contribution in [0.2, 0.25) is 0 Å². The molecule has 0 radical (unpaired) electrons. The van der Waals surface area contributed by atoms with Crippen molar-refractivity contribution in [3.8, 4) is 5.75 Å². The van der Waals surface area contributed by atoms with Crippen LogP contribution in [0.1, 0.15) is 50.4 Å². The second-order valence-electron chi connectivity index (χ2n) is 9.31. The second-order valence-corrected chi connectivity index (χ2v) is 11.2. The molecular weight excluding hydrogens is 462 g/mol. The van der Waals surface area contributed by atoms with Crippen molar-refractivity contribution in [2.45, 2.75) is 51.0 Å². The number of ether oxygens (including phenoxy) is 4. The van der Waals surface area contributed by atoms with Gasteiger partial charge in [0.2, 0.25) is 10.0 Å². The normalized spacial score (nSPS) is 24.0. The van der Waals surface area contributed by atoms with E-state index < -0.39 is 28.6 Å². The summed E-state index contributed by atoms with van der Waals surface area (Å²) in [5, 5.41) is 0. The van der Waals surface area contributed by atoms with E-state index in [1.54, 1.807) is 0 Å². The van der Waals surface area contributed by atoms with Crippen molar-refractivity contribution in [3.63, 3.8) is 0 Å². The number of esters is 2. The summed E-state index contributed by atoms with van der Waals surface area (Å²) in [4.78, 5) is 24.9. The third-order valence-electron chi connectivity index (χ3n) is 6.55. The van der Waals surface area contributed by atoms with E-state index >= 15 is 0 Å². The fourth-order valence-corrected chi connectivity index (χ4v) is 6.18. The summed E-state index contributed by atoms with van der Waals surface area (Å²) >= 11 is 0. The van der Waals surface area contributed by atoms with Crippen LogP contribution in [0.4, 0.5) is 0 Å². The molecule has 0 N–H and O–H groups in total. The number of carbonyl (C=O) groups excluding carboxylic acids is 2. The van der Waals surface area contributed by atoms with Crippen molar-refractivity contribution < 1.29 is 37.0 Å². The average molecular weight is 498 g/mol. The van der Waals surface area contributed by atoms with E-state index in [4.69, 9.17) is 18.9 Å². The fraction of sp³-hybridized carbons (Fsp3) is 0.667. The first kappa shape index (κ1) is 26.4. The maximum absolute atomic E-state index is 13.1. The molecule has 0 aromatic heterocycles. The Morgan fingerprint density at radius 2 is 1.88 bits per heavy atom. The van der Waals surface area contributed by atoms with Gasteiger partial charge in [-0.15, -0.1) is 0 Å². The van der Waals surface area contributed by atoms with Gasteiger partial charge in [0.05, 0.1) is 25.9 Å². The number of morpholine rings is 1. The molecule has 190 valence electrons. The topological polar surface area (TPSA) is 108 Å². The smallest absolute Gasteiger partial charge is 0.344 e. The number of rotatable bonds is 8. The van der Waals surface area contributed by atoms with Gasteiger partial charge in [-0.1, -0.05) is 27.2 Å². The Bertz CT molecular complexity index is 971. The lowest BCUT2D eigenvalue weighted by atomic mass is 9.75. The van der Waals surface area contributed by atoms with Gasteiger partial charge >= 0.3 is 11.9 Å². The number of benzene rings is 1. The zero-order valence-electron chi connectivity index (χ0n) is 20.3. The van der Waals surface area contributed by atoms with E-state index in [-0.39, 0.29) is 41.3 Å². The SMILES string of the molecule is COc1ccc(C(=O)OCC(=O)O[C@@H]2C[C@@H](C)CC[C@H]2C(C)C)cc1S(=O)(=O)N1CCOCC1. The summed E-state index contributed by atoms with van der Waals surface area (Å²) in [6, 6.07) is 4.02. The van der Waals surface area contributed by atoms with Crippen LogP contribution in [0.25, 0.3) is 0 Å². The maximum atomic E-state index is 13.1. The van der Waals surface area contributed by atoms with Gasteiger partial charge in [0.15, 0.2) is 6.61 Å². The highest BCUT2D eigenvalue weighted by molar-refractivity contribution is 7.89. The maximum Gasteiger partial charge on any atom is 0.344 e. The Morgan fingerprint density at radius 1 is 1.18 bits per heavy atom. The van der Waals surface area contributed by atoms with Gasteiger partial charge in [-0.05, 0) is 48.8 Å². The number of methoxy groups -OCH3 is 1. The summed E-state index contributed by atoms with van der Waals surface area (Å²) in [7, 11) is -2.54. The Labute approximate surface area is 201 Å². The van der Waals surface area contributed by atoms with Crippen molar-refractivity contribution in [2.75, 3.05) is 40.0 Å². The molecule has 0 spiro atoms. The van der Waals surface area contributed by atoms with Gasteiger partial charge in [-0.25, -0.2) is 18.0 Å². The van der Waals surface area contributed by atoms with Crippen LogP contribution in [0.3, 0.4) is 0 Å². The van der Waals surface area contributed by atoms with Crippen LogP contribution in [-0.2, 0) is 29.0 Å². The molecule has 3 rings (SSSR count). The van der Waals surface area contributed by atoms with Crippen LogP contribution < -0.4 is 4.74 Å². The Kier molecular flexibility index (Phi) is 8.95. The quantitative estimate of drug-likeness (QED) is 0.505. The van der Waals surface area contributed by atoms with Crippen LogP contribution in [0, 0.1) is 17.8 Å². The predicted molar refractivity (Wildman–Crippen MR) is 124 cm³/mol. The van der Waals surface area contributed by atoms with E-state index in [0.717, 1.165) is 19.3 Å². The highest BCUT2D eigenvalue weighted by Gasteiger charge is 2.34. The van der Waals surface area contributed by atoms with E-state index in [1.165, 1.54) is 29.6 Å². The van der Waals surface area contributed by atoms with E-state index in [9.17, 15) is 18.0 Å². The molecule has 1 aromatic carbocycles. The third kappa shape index (κ3) is 6.28. The van der Waals surface area contributed by atoms with Crippen LogP contribution in [-0.4, -0.2) is 70.8 Å². The highest BCUT2D eigenvalue weighted by atomic mass is 32.2. The van der Waals surface area contributed by atoms with E-state index in [2.05, 4.69) is 20.8 Å². The average Bonchev–Trinajstić information content (AvgIpc) is 2.82. The standard InChI is InChI=1S/C24H35NO8S/c1-16(2)19-7-5-17(3)13-21(19)33-23(26)15-32-24(27)18-6-8-20(30-4)22(14-18)34(28,29)25-9-11-31-12-10-25/h6,8,14,16-17,19,21H,5,7,9-13,15H2,1-4H3/t17-,19-,21+/m0/s1. The van der Waals surface area contributed by atoms with Crippen LogP contribution in [0.15, 0.2) is 23.1 Å². The number of hydrogen-bond donors (Lipinski definition) is 0. The molecule has 10 heteroatoms. The first-order valence-electron chi connectivity index (χ1n) is 11.8. The lowest BCUT2D eigenvalue weighted by molar-refractivity contribution is -0.159. The minimum absolute atomic E-state index is 0.00628. The molecule has 2 aliphatic rings. The van der Waals surface area contributed by atoms with Gasteiger partial charge in [0, 0.05) is 13.1 Å². The lowest BCUT2D eigenvalue weighted by Gasteiger charge is -2.36. The summed E-state index contributed by atoms with van der Waals surface area (Å²) < 4.78 is 48.8. The van der Waals surface area contributed by atoms with Gasteiger partial charge in [-0.2, -0.15) is 4.31 Å². The minimum atomic E-state index is -3.90. The van der Waals surface area contributed by atoms with Gasteiger partial charge in [-0.3, -0.25) is 0 Å². The molecule has 34 heavy (non-hydrogen) atoms. The van der Waals surface area contributed by atoms with Crippen molar-refractivity contribution in [1.82, 2.24) is 4.31 Å². The number of carbonyl (C=O) groups is 2. The minimum Gasteiger partial charge on any atom is -0.495 e. The molecule has 2 fully saturated rings. The largest absolute Gasteiger partial charge is 0.495 e. The molecule has 9 nitrogen and oxygen atoms in total. The second kappa shape index (κ2) is 11.5. The third-order valence-corrected chi connectivity index (χ3v) is 8.47. The summed E-state index contributed by atoms with van der Waals surface area (Å²) in [6.07, 6.45) is 2.72. The zero-order valence-corrected chi connectivity index (χ0v) is 21.1. The van der Waals surface area contributed by atoms with Gasteiger partial charge in [0.25, 0.3) is 0 Å². The van der Waals surface area contributed by atoms with Crippen molar-refractivity contribution in [2.24, 2.45) is 17.8 Å². The number of hydrogen-bond acceptors (Lipinski definition) is 8. The summed E-state index contributed by atoms with van der Waals surface area (Å²) in [5.41, 5.74) is 0.00628. The highest BCUT2D eigenvalue weighted by Crippen LogP contribution is 2.35. The molecule has 0 amide bonds. The van der Waals surface area contributed by atoms with Crippen molar-refractivity contribution >= 4 is 22.0 Å².